The van der Waals surface area contributed by atoms with Crippen LogP contribution in [0.5, 0.6) is 0 Å². The fourth-order valence-electron chi connectivity index (χ4n) is 2.91. The Bertz CT molecular complexity index is 1180. The van der Waals surface area contributed by atoms with Crippen molar-refractivity contribution in [3.05, 3.63) is 60.8 Å². The van der Waals surface area contributed by atoms with Crippen LogP contribution in [0.3, 0.4) is 0 Å². The number of fused-ring (bicyclic) bond motifs is 1. The molecule has 7 nitrogen and oxygen atoms in total. The SMILES string of the molecule is CC(C(=O)Nc1cccc(C(F)(F)F)c1)n1cc(-c2ncnc3[nH]ccc23)cn1. The van der Waals surface area contributed by atoms with Crippen LogP contribution in [-0.4, -0.2) is 30.6 Å². The highest BCUT2D eigenvalue weighted by Crippen LogP contribution is 2.31. The van der Waals surface area contributed by atoms with Gasteiger partial charge in [-0.25, -0.2) is 9.97 Å². The number of H-pyrrole nitrogens is 1. The van der Waals surface area contributed by atoms with E-state index in [-0.39, 0.29) is 5.69 Å². The zero-order chi connectivity index (χ0) is 20.6. The molecule has 0 saturated carbocycles. The topological polar surface area (TPSA) is 88.5 Å². The predicted octanol–water partition coefficient (Wildman–Crippen LogP) is 4.04. The molecular formula is C19H15F3N6O. The Morgan fingerprint density at radius 2 is 2.07 bits per heavy atom. The van der Waals surface area contributed by atoms with Gasteiger partial charge in [-0.3, -0.25) is 9.48 Å². The maximum absolute atomic E-state index is 12.8. The molecule has 1 unspecified atom stereocenters. The lowest BCUT2D eigenvalue weighted by molar-refractivity contribution is -0.137. The molecular weight excluding hydrogens is 385 g/mol. The molecule has 29 heavy (non-hydrogen) atoms. The first-order chi connectivity index (χ1) is 13.8. The minimum Gasteiger partial charge on any atom is -0.346 e. The van der Waals surface area contributed by atoms with Crippen molar-refractivity contribution in [3.8, 4) is 11.3 Å². The van der Waals surface area contributed by atoms with Crippen LogP contribution in [0.25, 0.3) is 22.3 Å². The molecule has 0 aliphatic carbocycles. The molecule has 3 aromatic heterocycles. The molecule has 0 saturated heterocycles. The van der Waals surface area contributed by atoms with Gasteiger partial charge >= 0.3 is 6.18 Å². The Morgan fingerprint density at radius 1 is 1.24 bits per heavy atom. The Labute approximate surface area is 162 Å². The van der Waals surface area contributed by atoms with Crippen LogP contribution in [0.4, 0.5) is 18.9 Å². The molecule has 1 atom stereocenters. The van der Waals surface area contributed by atoms with E-state index in [2.05, 4.69) is 25.4 Å². The third kappa shape index (κ3) is 3.68. The maximum Gasteiger partial charge on any atom is 0.416 e. The molecule has 0 aliphatic rings. The second kappa shape index (κ2) is 7.04. The molecule has 10 heteroatoms. The Morgan fingerprint density at radius 3 is 2.86 bits per heavy atom. The minimum atomic E-state index is -4.48. The predicted molar refractivity (Wildman–Crippen MR) is 99.9 cm³/mol. The van der Waals surface area contributed by atoms with Crippen molar-refractivity contribution in [1.82, 2.24) is 24.7 Å². The van der Waals surface area contributed by atoms with Gasteiger partial charge in [-0.1, -0.05) is 6.07 Å². The summed E-state index contributed by atoms with van der Waals surface area (Å²) in [4.78, 5) is 23.9. The van der Waals surface area contributed by atoms with E-state index >= 15 is 0 Å². The lowest BCUT2D eigenvalue weighted by atomic mass is 10.2. The van der Waals surface area contributed by atoms with Crippen molar-refractivity contribution in [2.24, 2.45) is 0 Å². The maximum atomic E-state index is 12.8. The summed E-state index contributed by atoms with van der Waals surface area (Å²) < 4.78 is 40.0. The van der Waals surface area contributed by atoms with Gasteiger partial charge in [0.1, 0.15) is 18.0 Å². The Hall–Kier alpha value is -3.69. The van der Waals surface area contributed by atoms with Gasteiger partial charge in [0.15, 0.2) is 0 Å². The van der Waals surface area contributed by atoms with Gasteiger partial charge < -0.3 is 10.3 Å². The highest BCUT2D eigenvalue weighted by molar-refractivity contribution is 5.94. The standard InChI is InChI=1S/C19H15F3N6O/c1-11(18(29)27-14-4-2-3-13(7-14)19(20,21)22)28-9-12(8-26-28)16-15-5-6-23-17(15)25-10-24-16/h2-11H,1H3,(H,27,29)(H,23,24,25). The second-order valence-corrected chi connectivity index (χ2v) is 6.42. The van der Waals surface area contributed by atoms with Gasteiger partial charge in [0.25, 0.3) is 0 Å². The minimum absolute atomic E-state index is 0.0638. The number of alkyl halides is 3. The summed E-state index contributed by atoms with van der Waals surface area (Å²) in [5.74, 6) is -0.492. The summed E-state index contributed by atoms with van der Waals surface area (Å²) in [5.41, 5.74) is 1.26. The van der Waals surface area contributed by atoms with Crippen LogP contribution in [0.2, 0.25) is 0 Å². The monoisotopic (exact) mass is 400 g/mol. The Balaban J connectivity index is 1.54. The highest BCUT2D eigenvalue weighted by Gasteiger charge is 2.30. The van der Waals surface area contributed by atoms with E-state index in [0.717, 1.165) is 17.5 Å². The molecule has 0 aliphatic heterocycles. The number of benzene rings is 1. The molecule has 148 valence electrons. The van der Waals surface area contributed by atoms with Crippen molar-refractivity contribution in [3.63, 3.8) is 0 Å². The van der Waals surface area contributed by atoms with Crippen LogP contribution in [0.15, 0.2) is 55.2 Å². The van der Waals surface area contributed by atoms with Crippen molar-refractivity contribution in [2.75, 3.05) is 5.32 Å². The highest BCUT2D eigenvalue weighted by atomic mass is 19.4. The van der Waals surface area contributed by atoms with Crippen LogP contribution in [0, 0.1) is 0 Å². The zero-order valence-electron chi connectivity index (χ0n) is 15.1. The molecule has 0 spiro atoms. The van der Waals surface area contributed by atoms with Crippen molar-refractivity contribution in [2.45, 2.75) is 19.1 Å². The van der Waals surface area contributed by atoms with E-state index in [1.54, 1.807) is 25.5 Å². The number of nitrogens with one attached hydrogen (secondary N) is 2. The van der Waals surface area contributed by atoms with Gasteiger partial charge in [0.2, 0.25) is 5.91 Å². The number of aromatic nitrogens is 5. The second-order valence-electron chi connectivity index (χ2n) is 6.42. The number of nitrogens with zero attached hydrogens (tertiary/aromatic N) is 4. The number of carbonyl (C=O) groups is 1. The van der Waals surface area contributed by atoms with Crippen LogP contribution >= 0.6 is 0 Å². The number of aromatic amines is 1. The quantitative estimate of drug-likeness (QED) is 0.541. The number of anilines is 1. The van der Waals surface area contributed by atoms with Crippen LogP contribution in [0.1, 0.15) is 18.5 Å². The molecule has 2 N–H and O–H groups in total. The summed E-state index contributed by atoms with van der Waals surface area (Å²) in [5, 5.41) is 7.52. The van der Waals surface area contributed by atoms with Gasteiger partial charge in [0.05, 0.1) is 17.5 Å². The van der Waals surface area contributed by atoms with Crippen molar-refractivity contribution >= 4 is 22.6 Å². The van der Waals surface area contributed by atoms with E-state index in [4.69, 9.17) is 0 Å². The average molecular weight is 400 g/mol. The molecule has 1 aromatic carbocycles. The number of hydrogen-bond donors (Lipinski definition) is 2. The summed E-state index contributed by atoms with van der Waals surface area (Å²) in [6.45, 7) is 1.60. The normalized spacial score (nSPS) is 12.8. The third-order valence-corrected chi connectivity index (χ3v) is 4.46. The fourth-order valence-corrected chi connectivity index (χ4v) is 2.91. The van der Waals surface area contributed by atoms with Gasteiger partial charge in [-0.05, 0) is 31.2 Å². The van der Waals surface area contributed by atoms with Gasteiger partial charge in [0, 0.05) is 29.0 Å². The average Bonchev–Trinajstić information content (AvgIpc) is 3.36. The third-order valence-electron chi connectivity index (χ3n) is 4.46. The molecule has 0 fully saturated rings. The lowest BCUT2D eigenvalue weighted by Crippen LogP contribution is -2.24. The van der Waals surface area contributed by atoms with E-state index in [0.29, 0.717) is 16.9 Å². The number of amides is 1. The summed E-state index contributed by atoms with van der Waals surface area (Å²) in [7, 11) is 0. The van der Waals surface area contributed by atoms with E-state index in [1.165, 1.54) is 23.1 Å². The van der Waals surface area contributed by atoms with Crippen molar-refractivity contribution < 1.29 is 18.0 Å². The molecule has 4 aromatic rings. The summed E-state index contributed by atoms with van der Waals surface area (Å²) in [6.07, 6.45) is 1.92. The first kappa shape index (κ1) is 18.7. The fraction of sp³-hybridized carbons (Fsp3) is 0.158. The zero-order valence-corrected chi connectivity index (χ0v) is 15.1. The first-order valence-corrected chi connectivity index (χ1v) is 8.63. The number of halogens is 3. The van der Waals surface area contributed by atoms with Gasteiger partial charge in [-0.15, -0.1) is 0 Å². The van der Waals surface area contributed by atoms with Gasteiger partial charge in [-0.2, -0.15) is 18.3 Å². The molecule has 0 radical (unpaired) electrons. The van der Waals surface area contributed by atoms with Crippen LogP contribution in [-0.2, 0) is 11.0 Å². The van der Waals surface area contributed by atoms with Crippen molar-refractivity contribution in [1.29, 1.82) is 0 Å². The number of rotatable bonds is 4. The number of hydrogen-bond acceptors (Lipinski definition) is 4. The first-order valence-electron chi connectivity index (χ1n) is 8.63. The molecule has 3 heterocycles. The van der Waals surface area contributed by atoms with Crippen LogP contribution < -0.4 is 5.32 Å². The lowest BCUT2D eigenvalue weighted by Gasteiger charge is -2.14. The molecule has 0 bridgehead atoms. The van der Waals surface area contributed by atoms with E-state index < -0.39 is 23.7 Å². The smallest absolute Gasteiger partial charge is 0.346 e. The number of carbonyl (C=O) groups excluding carboxylic acids is 1. The molecule has 1 amide bonds. The molecule has 4 rings (SSSR count). The summed E-state index contributed by atoms with van der Waals surface area (Å²) >= 11 is 0. The van der Waals surface area contributed by atoms with E-state index in [1.807, 2.05) is 6.07 Å². The summed E-state index contributed by atoms with van der Waals surface area (Å²) in [6, 6.07) is 5.57. The Kier molecular flexibility index (Phi) is 4.53. The largest absolute Gasteiger partial charge is 0.416 e. The van der Waals surface area contributed by atoms with E-state index in [9.17, 15) is 18.0 Å².